The molecule has 0 aromatic rings. The van der Waals surface area contributed by atoms with Gasteiger partial charge in [-0.15, -0.1) is 0 Å². The molecule has 0 bridgehead atoms. The Kier molecular flexibility index (Phi) is 5.73. The summed E-state index contributed by atoms with van der Waals surface area (Å²) in [5.41, 5.74) is 5.43. The lowest BCUT2D eigenvalue weighted by molar-refractivity contribution is -0.130. The van der Waals surface area contributed by atoms with E-state index in [2.05, 4.69) is 17.1 Å². The third kappa shape index (κ3) is 3.43. The molecule has 0 spiro atoms. The second-order valence-corrected chi connectivity index (χ2v) is 4.13. The number of hydrogen-bond donors (Lipinski definition) is 2. The van der Waals surface area contributed by atoms with E-state index in [0.717, 1.165) is 19.5 Å². The van der Waals surface area contributed by atoms with Crippen LogP contribution in [0.25, 0.3) is 0 Å². The van der Waals surface area contributed by atoms with Gasteiger partial charge < -0.3 is 15.8 Å². The predicted molar refractivity (Wildman–Crippen MR) is 63.1 cm³/mol. The highest BCUT2D eigenvalue weighted by molar-refractivity contribution is 5.81. The minimum atomic E-state index is -0.517. The minimum absolute atomic E-state index is 0.104. The van der Waals surface area contributed by atoms with E-state index in [9.17, 15) is 4.79 Å². The van der Waals surface area contributed by atoms with Gasteiger partial charge >= 0.3 is 0 Å². The molecule has 1 aliphatic rings. The van der Waals surface area contributed by atoms with Crippen LogP contribution in [0.1, 0.15) is 19.8 Å². The number of nitrogens with two attached hydrogens (primary N) is 1. The first-order chi connectivity index (χ1) is 7.72. The Morgan fingerprint density at radius 1 is 1.69 bits per heavy atom. The van der Waals surface area contributed by atoms with Gasteiger partial charge in [0.05, 0.1) is 0 Å². The molecule has 1 rings (SSSR count). The Hall–Kier alpha value is -0.650. The van der Waals surface area contributed by atoms with Crippen LogP contribution in [0.5, 0.6) is 0 Å². The van der Waals surface area contributed by atoms with Crippen LogP contribution in [0.4, 0.5) is 0 Å². The van der Waals surface area contributed by atoms with Crippen molar-refractivity contribution in [3.05, 3.63) is 0 Å². The maximum Gasteiger partial charge on any atom is 0.250 e. The van der Waals surface area contributed by atoms with Crippen molar-refractivity contribution in [3.8, 4) is 0 Å². The molecule has 0 aliphatic carbocycles. The van der Waals surface area contributed by atoms with E-state index in [1.165, 1.54) is 13.5 Å². The van der Waals surface area contributed by atoms with E-state index >= 15 is 0 Å². The van der Waals surface area contributed by atoms with Crippen LogP contribution in [0, 0.1) is 0 Å². The fourth-order valence-electron chi connectivity index (χ4n) is 2.19. The number of nitrogens with one attached hydrogen (secondary N) is 1. The molecule has 2 atom stereocenters. The van der Waals surface area contributed by atoms with Crippen molar-refractivity contribution in [2.24, 2.45) is 5.73 Å². The zero-order valence-electron chi connectivity index (χ0n) is 10.2. The zero-order valence-corrected chi connectivity index (χ0v) is 10.2. The van der Waals surface area contributed by atoms with Gasteiger partial charge in [-0.2, -0.15) is 0 Å². The number of rotatable bonds is 6. The molecule has 16 heavy (non-hydrogen) atoms. The Morgan fingerprint density at radius 2 is 2.44 bits per heavy atom. The molecule has 94 valence electrons. The fraction of sp³-hybridized carbons (Fsp3) is 0.909. The zero-order chi connectivity index (χ0) is 12.0. The summed E-state index contributed by atoms with van der Waals surface area (Å²) < 4.78 is 4.98. The third-order valence-corrected chi connectivity index (χ3v) is 3.21. The molecule has 0 aromatic heterocycles. The molecule has 5 heteroatoms. The number of carbonyl (C=O) groups is 1. The van der Waals surface area contributed by atoms with Gasteiger partial charge in [0, 0.05) is 26.2 Å². The normalized spacial score (nSPS) is 23.3. The van der Waals surface area contributed by atoms with E-state index in [0.29, 0.717) is 12.6 Å². The SMILES string of the molecule is CCN1CCCC1CNC(=O)C(CN)OC. The van der Waals surface area contributed by atoms with Crippen molar-refractivity contribution in [2.45, 2.75) is 31.9 Å². The van der Waals surface area contributed by atoms with Crippen molar-refractivity contribution >= 4 is 5.91 Å². The Balaban J connectivity index is 2.30. The lowest BCUT2D eigenvalue weighted by Gasteiger charge is -2.23. The smallest absolute Gasteiger partial charge is 0.250 e. The lowest BCUT2D eigenvalue weighted by Crippen LogP contribution is -2.46. The second kappa shape index (κ2) is 6.83. The van der Waals surface area contributed by atoms with Gasteiger partial charge in [-0.05, 0) is 25.9 Å². The van der Waals surface area contributed by atoms with E-state index in [1.807, 2.05) is 0 Å². The monoisotopic (exact) mass is 229 g/mol. The summed E-state index contributed by atoms with van der Waals surface area (Å²) in [6.07, 6.45) is 1.87. The predicted octanol–water partition coefficient (Wildman–Crippen LogP) is -0.439. The molecule has 0 radical (unpaired) electrons. The van der Waals surface area contributed by atoms with E-state index < -0.39 is 6.10 Å². The highest BCUT2D eigenvalue weighted by Gasteiger charge is 2.24. The number of carbonyl (C=O) groups excluding carboxylic acids is 1. The number of nitrogens with zero attached hydrogens (tertiary/aromatic N) is 1. The van der Waals surface area contributed by atoms with Gasteiger partial charge in [-0.25, -0.2) is 0 Å². The average molecular weight is 229 g/mol. The highest BCUT2D eigenvalue weighted by atomic mass is 16.5. The van der Waals surface area contributed by atoms with E-state index in [1.54, 1.807) is 0 Å². The second-order valence-electron chi connectivity index (χ2n) is 4.13. The molecule has 1 heterocycles. The molecule has 5 nitrogen and oxygen atoms in total. The van der Waals surface area contributed by atoms with Crippen molar-refractivity contribution in [1.29, 1.82) is 0 Å². The molecular formula is C11H23N3O2. The largest absolute Gasteiger partial charge is 0.370 e. The quantitative estimate of drug-likeness (QED) is 0.648. The van der Waals surface area contributed by atoms with Gasteiger partial charge in [0.25, 0.3) is 0 Å². The van der Waals surface area contributed by atoms with Crippen LogP contribution in [0.15, 0.2) is 0 Å². The molecule has 3 N–H and O–H groups in total. The molecule has 0 saturated carbocycles. The van der Waals surface area contributed by atoms with Crippen molar-refractivity contribution in [1.82, 2.24) is 10.2 Å². The number of likely N-dealkylation sites (N-methyl/N-ethyl adjacent to an activating group) is 1. The van der Waals surface area contributed by atoms with Crippen molar-refractivity contribution < 1.29 is 9.53 Å². The third-order valence-electron chi connectivity index (χ3n) is 3.21. The van der Waals surface area contributed by atoms with Gasteiger partial charge in [0.15, 0.2) is 0 Å². The summed E-state index contributed by atoms with van der Waals surface area (Å²) in [4.78, 5) is 14.0. The summed E-state index contributed by atoms with van der Waals surface area (Å²) in [5, 5.41) is 2.91. The Bertz CT molecular complexity index is 219. The minimum Gasteiger partial charge on any atom is -0.370 e. The summed E-state index contributed by atoms with van der Waals surface area (Å²) in [7, 11) is 1.50. The number of methoxy groups -OCH3 is 1. The summed E-state index contributed by atoms with van der Waals surface area (Å²) in [6.45, 7) is 5.27. The molecule has 0 aromatic carbocycles. The maximum atomic E-state index is 11.6. The fourth-order valence-corrected chi connectivity index (χ4v) is 2.19. The van der Waals surface area contributed by atoms with E-state index in [-0.39, 0.29) is 12.5 Å². The molecular weight excluding hydrogens is 206 g/mol. The molecule has 1 fully saturated rings. The van der Waals surface area contributed by atoms with Crippen LogP contribution >= 0.6 is 0 Å². The number of ether oxygens (including phenoxy) is 1. The van der Waals surface area contributed by atoms with Gasteiger partial charge in [0.2, 0.25) is 5.91 Å². The van der Waals surface area contributed by atoms with Crippen molar-refractivity contribution in [3.63, 3.8) is 0 Å². The molecule has 1 saturated heterocycles. The molecule has 1 amide bonds. The summed E-state index contributed by atoms with van der Waals surface area (Å²) >= 11 is 0. The Morgan fingerprint density at radius 3 is 3.00 bits per heavy atom. The van der Waals surface area contributed by atoms with Crippen LogP contribution in [0.2, 0.25) is 0 Å². The van der Waals surface area contributed by atoms with Crippen LogP contribution < -0.4 is 11.1 Å². The molecule has 1 aliphatic heterocycles. The first-order valence-electron chi connectivity index (χ1n) is 5.97. The number of hydrogen-bond acceptors (Lipinski definition) is 4. The standard InChI is InChI=1S/C11H23N3O2/c1-3-14-6-4-5-9(14)8-13-11(15)10(7-12)16-2/h9-10H,3-8,12H2,1-2H3,(H,13,15). The Labute approximate surface area is 97.3 Å². The topological polar surface area (TPSA) is 67.6 Å². The van der Waals surface area contributed by atoms with Gasteiger partial charge in [0.1, 0.15) is 6.10 Å². The van der Waals surface area contributed by atoms with Crippen LogP contribution in [-0.4, -0.2) is 56.2 Å². The highest BCUT2D eigenvalue weighted by Crippen LogP contribution is 2.15. The average Bonchev–Trinajstić information content (AvgIpc) is 2.75. The first-order valence-corrected chi connectivity index (χ1v) is 5.97. The summed E-state index contributed by atoms with van der Waals surface area (Å²) in [6, 6.07) is 0.476. The summed E-state index contributed by atoms with van der Waals surface area (Å²) in [5.74, 6) is -0.104. The lowest BCUT2D eigenvalue weighted by atomic mass is 10.2. The van der Waals surface area contributed by atoms with Crippen LogP contribution in [0.3, 0.4) is 0 Å². The van der Waals surface area contributed by atoms with Crippen molar-refractivity contribution in [2.75, 3.05) is 33.3 Å². The molecule has 2 unspecified atom stereocenters. The van der Waals surface area contributed by atoms with E-state index in [4.69, 9.17) is 10.5 Å². The number of amides is 1. The number of likely N-dealkylation sites (tertiary alicyclic amines) is 1. The van der Waals surface area contributed by atoms with Gasteiger partial charge in [-0.3, -0.25) is 9.69 Å². The first kappa shape index (κ1) is 13.4. The van der Waals surface area contributed by atoms with Crippen LogP contribution in [-0.2, 0) is 9.53 Å². The van der Waals surface area contributed by atoms with Gasteiger partial charge in [-0.1, -0.05) is 6.92 Å². The maximum absolute atomic E-state index is 11.6.